The largest absolute Gasteiger partial charge is 0.496 e. The van der Waals surface area contributed by atoms with Gasteiger partial charge in [-0.2, -0.15) is 0 Å². The minimum Gasteiger partial charge on any atom is -0.496 e. The molecule has 0 bridgehead atoms. The Morgan fingerprint density at radius 3 is 2.56 bits per heavy atom. The molecule has 0 radical (unpaired) electrons. The first-order valence-corrected chi connectivity index (χ1v) is 6.31. The number of aliphatic hydroxyl groups excluding tert-OH is 1. The van der Waals surface area contributed by atoms with Crippen molar-refractivity contribution in [1.29, 1.82) is 0 Å². The van der Waals surface area contributed by atoms with E-state index in [0.29, 0.717) is 0 Å². The van der Waals surface area contributed by atoms with Crippen LogP contribution in [0, 0.1) is 0 Å². The van der Waals surface area contributed by atoms with Crippen LogP contribution in [0.5, 0.6) is 5.75 Å². The van der Waals surface area contributed by atoms with Crippen LogP contribution in [0.1, 0.15) is 26.3 Å². The Balaban J connectivity index is 2.91. The van der Waals surface area contributed by atoms with Gasteiger partial charge in [-0.3, -0.25) is 0 Å². The van der Waals surface area contributed by atoms with Gasteiger partial charge in [-0.25, -0.2) is 0 Å². The van der Waals surface area contributed by atoms with Gasteiger partial charge in [-0.15, -0.1) is 11.8 Å². The number of ether oxygens (including phenoxy) is 1. The molecule has 90 valence electrons. The predicted molar refractivity (Wildman–Crippen MR) is 69.4 cm³/mol. The van der Waals surface area contributed by atoms with Gasteiger partial charge < -0.3 is 9.84 Å². The fourth-order valence-electron chi connectivity index (χ4n) is 1.45. The molecule has 0 spiro atoms. The summed E-state index contributed by atoms with van der Waals surface area (Å²) >= 11 is 1.69. The molecule has 3 heteroatoms. The van der Waals surface area contributed by atoms with Crippen molar-refractivity contribution in [3.8, 4) is 5.75 Å². The van der Waals surface area contributed by atoms with Crippen molar-refractivity contribution in [2.45, 2.75) is 36.8 Å². The zero-order valence-electron chi connectivity index (χ0n) is 10.4. The van der Waals surface area contributed by atoms with Gasteiger partial charge >= 0.3 is 0 Å². The van der Waals surface area contributed by atoms with Crippen LogP contribution >= 0.6 is 11.8 Å². The van der Waals surface area contributed by atoms with E-state index in [4.69, 9.17) is 4.74 Å². The topological polar surface area (TPSA) is 29.5 Å². The lowest BCUT2D eigenvalue weighted by atomic mass is 10.1. The molecule has 0 saturated heterocycles. The van der Waals surface area contributed by atoms with E-state index in [1.165, 1.54) is 10.5 Å². The van der Waals surface area contributed by atoms with Crippen molar-refractivity contribution in [2.75, 3.05) is 13.7 Å². The quantitative estimate of drug-likeness (QED) is 0.802. The van der Waals surface area contributed by atoms with Gasteiger partial charge in [-0.05, 0) is 44.0 Å². The van der Waals surface area contributed by atoms with E-state index in [1.807, 2.05) is 26.0 Å². The Bertz CT molecular complexity index is 348. The van der Waals surface area contributed by atoms with E-state index in [0.717, 1.165) is 12.2 Å². The van der Waals surface area contributed by atoms with E-state index in [9.17, 15) is 5.11 Å². The molecule has 0 aromatic heterocycles. The molecule has 1 N–H and O–H groups in total. The van der Waals surface area contributed by atoms with Crippen molar-refractivity contribution < 1.29 is 9.84 Å². The van der Waals surface area contributed by atoms with Gasteiger partial charge in [0, 0.05) is 9.64 Å². The van der Waals surface area contributed by atoms with Gasteiger partial charge in [0.25, 0.3) is 0 Å². The van der Waals surface area contributed by atoms with Gasteiger partial charge in [0.15, 0.2) is 0 Å². The lowest BCUT2D eigenvalue weighted by Gasteiger charge is -2.21. The second-order valence-corrected chi connectivity index (χ2v) is 6.13. The summed E-state index contributed by atoms with van der Waals surface area (Å²) in [6, 6.07) is 6.18. The first-order chi connectivity index (χ1) is 7.52. The zero-order valence-corrected chi connectivity index (χ0v) is 11.2. The lowest BCUT2D eigenvalue weighted by molar-refractivity contribution is 0.265. The summed E-state index contributed by atoms with van der Waals surface area (Å²) in [6.45, 7) is 6.36. The Kier molecular flexibility index (Phi) is 4.69. The van der Waals surface area contributed by atoms with Crippen molar-refractivity contribution in [2.24, 2.45) is 0 Å². The Morgan fingerprint density at radius 1 is 1.38 bits per heavy atom. The van der Waals surface area contributed by atoms with Crippen LogP contribution in [0.25, 0.3) is 0 Å². The number of thioether (sulfide) groups is 1. The highest BCUT2D eigenvalue weighted by Gasteiger charge is 2.18. The van der Waals surface area contributed by atoms with Gasteiger partial charge in [0.2, 0.25) is 0 Å². The Labute approximate surface area is 102 Å². The molecule has 0 saturated carbocycles. The van der Waals surface area contributed by atoms with Crippen LogP contribution in [0.15, 0.2) is 23.1 Å². The third-order valence-electron chi connectivity index (χ3n) is 2.41. The molecule has 0 heterocycles. The Hall–Kier alpha value is -0.670. The highest BCUT2D eigenvalue weighted by Crippen LogP contribution is 2.34. The number of hydrogen-bond acceptors (Lipinski definition) is 3. The minimum absolute atomic E-state index is 0.139. The molecule has 0 atom stereocenters. The van der Waals surface area contributed by atoms with E-state index >= 15 is 0 Å². The first kappa shape index (κ1) is 13.4. The number of benzene rings is 1. The Morgan fingerprint density at radius 2 is 2.06 bits per heavy atom. The standard InChI is InChI=1S/C13H20O2S/c1-5-10-8-11(6-7-12(10)15-4)16-13(2,3)9-14/h6-8,14H,5,9H2,1-4H3. The van der Waals surface area contributed by atoms with Crippen molar-refractivity contribution in [3.63, 3.8) is 0 Å². The van der Waals surface area contributed by atoms with Crippen LogP contribution < -0.4 is 4.74 Å². The maximum atomic E-state index is 9.24. The second kappa shape index (κ2) is 5.60. The molecule has 1 aromatic rings. The number of aliphatic hydroxyl groups is 1. The summed E-state index contributed by atoms with van der Waals surface area (Å²) in [5.74, 6) is 0.939. The van der Waals surface area contributed by atoms with Crippen LogP contribution in [0.3, 0.4) is 0 Å². The third kappa shape index (κ3) is 3.42. The lowest BCUT2D eigenvalue weighted by Crippen LogP contribution is -2.19. The predicted octanol–water partition coefficient (Wildman–Crippen LogP) is 3.12. The van der Waals surface area contributed by atoms with Gasteiger partial charge in [0.05, 0.1) is 13.7 Å². The van der Waals surface area contributed by atoms with Crippen molar-refractivity contribution in [1.82, 2.24) is 0 Å². The average Bonchev–Trinajstić information content (AvgIpc) is 2.28. The highest BCUT2D eigenvalue weighted by atomic mass is 32.2. The molecular formula is C13H20O2S. The maximum Gasteiger partial charge on any atom is 0.122 e. The first-order valence-electron chi connectivity index (χ1n) is 5.49. The number of rotatable bonds is 5. The molecular weight excluding hydrogens is 220 g/mol. The van der Waals surface area contributed by atoms with E-state index in [1.54, 1.807) is 18.9 Å². The number of methoxy groups -OCH3 is 1. The molecule has 0 aliphatic carbocycles. The zero-order chi connectivity index (χ0) is 12.2. The van der Waals surface area contributed by atoms with Crippen molar-refractivity contribution in [3.05, 3.63) is 23.8 Å². The average molecular weight is 240 g/mol. The molecule has 0 fully saturated rings. The van der Waals surface area contributed by atoms with E-state index in [-0.39, 0.29) is 11.4 Å². The fourth-order valence-corrected chi connectivity index (χ4v) is 2.49. The highest BCUT2D eigenvalue weighted by molar-refractivity contribution is 8.00. The van der Waals surface area contributed by atoms with Gasteiger partial charge in [0.1, 0.15) is 5.75 Å². The molecule has 0 aliphatic rings. The summed E-state index contributed by atoms with van der Waals surface area (Å²) in [4.78, 5) is 1.18. The van der Waals surface area contributed by atoms with Crippen LogP contribution in [-0.2, 0) is 6.42 Å². The summed E-state index contributed by atoms with van der Waals surface area (Å²) in [6.07, 6.45) is 0.955. The molecule has 1 rings (SSSR count). The summed E-state index contributed by atoms with van der Waals surface area (Å²) in [5, 5.41) is 9.24. The smallest absolute Gasteiger partial charge is 0.122 e. The second-order valence-electron chi connectivity index (χ2n) is 4.35. The monoisotopic (exact) mass is 240 g/mol. The molecule has 16 heavy (non-hydrogen) atoms. The van der Waals surface area contributed by atoms with Crippen LogP contribution in [-0.4, -0.2) is 23.6 Å². The SMILES string of the molecule is CCc1cc(SC(C)(C)CO)ccc1OC. The third-order valence-corrected chi connectivity index (χ3v) is 3.58. The van der Waals surface area contributed by atoms with E-state index in [2.05, 4.69) is 13.0 Å². The van der Waals surface area contributed by atoms with Crippen LogP contribution in [0.2, 0.25) is 0 Å². The molecule has 0 unspecified atom stereocenters. The summed E-state index contributed by atoms with van der Waals surface area (Å²) in [5.41, 5.74) is 1.21. The molecule has 0 aliphatic heterocycles. The van der Waals surface area contributed by atoms with Crippen LogP contribution in [0.4, 0.5) is 0 Å². The fraction of sp³-hybridized carbons (Fsp3) is 0.538. The summed E-state index contributed by atoms with van der Waals surface area (Å²) < 4.78 is 5.15. The number of aryl methyl sites for hydroxylation is 1. The van der Waals surface area contributed by atoms with Gasteiger partial charge in [-0.1, -0.05) is 6.92 Å². The molecule has 0 amide bonds. The molecule has 1 aromatic carbocycles. The normalized spacial score (nSPS) is 11.6. The minimum atomic E-state index is -0.139. The molecule has 2 nitrogen and oxygen atoms in total. The van der Waals surface area contributed by atoms with Crippen molar-refractivity contribution >= 4 is 11.8 Å². The maximum absolute atomic E-state index is 9.24. The number of hydrogen-bond donors (Lipinski definition) is 1. The van der Waals surface area contributed by atoms with E-state index < -0.39 is 0 Å². The summed E-state index contributed by atoms with van der Waals surface area (Å²) in [7, 11) is 1.69.